The van der Waals surface area contributed by atoms with Crippen LogP contribution in [0.5, 0.6) is 0 Å². The summed E-state index contributed by atoms with van der Waals surface area (Å²) in [5.74, 6) is -6.53. The van der Waals surface area contributed by atoms with Crippen LogP contribution in [0.1, 0.15) is 90.9 Å². The number of ketones is 1. The van der Waals surface area contributed by atoms with Crippen molar-refractivity contribution in [2.24, 2.45) is 5.92 Å². The number of carbonyl (C=O) groups is 2. The van der Waals surface area contributed by atoms with E-state index in [0.717, 1.165) is 11.1 Å². The molecule has 1 heterocycles. The van der Waals surface area contributed by atoms with E-state index in [-0.39, 0.29) is 24.5 Å². The number of nitrogens with zero attached hydrogens (tertiary/aromatic N) is 2. The molecule has 2 aromatic carbocycles. The summed E-state index contributed by atoms with van der Waals surface area (Å²) in [4.78, 5) is 42.4. The van der Waals surface area contributed by atoms with Gasteiger partial charge in [-0.3, -0.25) is 14.4 Å². The van der Waals surface area contributed by atoms with Crippen LogP contribution in [-0.4, -0.2) is 48.5 Å². The number of carbonyl (C=O) groups excluding carboxylic acids is 2. The molecule has 0 radical (unpaired) electrons. The van der Waals surface area contributed by atoms with Crippen molar-refractivity contribution in [3.05, 3.63) is 91.4 Å². The average molecular weight is 691 g/mol. The highest BCUT2D eigenvalue weighted by Gasteiger charge is 2.40. The van der Waals surface area contributed by atoms with Gasteiger partial charge >= 0.3 is 12.1 Å². The maximum Gasteiger partial charge on any atom is 0.419 e. The number of aromatic nitrogens is 1. The zero-order chi connectivity index (χ0) is 37.0. The molecule has 0 aliphatic carbocycles. The maximum absolute atomic E-state index is 16.7. The number of likely N-dealkylation sites (N-methyl/N-ethyl adjacent to an activating group) is 1. The van der Waals surface area contributed by atoms with E-state index in [2.05, 4.69) is 0 Å². The van der Waals surface area contributed by atoms with Gasteiger partial charge in [0.2, 0.25) is 0 Å². The Kier molecular flexibility index (Phi) is 13.1. The van der Waals surface area contributed by atoms with Gasteiger partial charge in [-0.1, -0.05) is 26.0 Å². The van der Waals surface area contributed by atoms with Gasteiger partial charge in [0.05, 0.1) is 24.6 Å². The standard InChI is InChI=1S/C38H47F5N2O4/c1-10-49-33(48)18-27(17-31(46)30(15-21(2)3)45-20-26(13-14-44(8)9)24(6)16-32(45)47)35-36(39)28(19-29(37(35)40)38(41,42)43)34-23(5)12-11-22(4)25(34)7/h11-12,16,19-21,27,30H,10,13-15,17-18H2,1-9H3/t27-,30?/m0/s1. The molecule has 0 amide bonds. The Labute approximate surface area is 285 Å². The van der Waals surface area contributed by atoms with Crippen molar-refractivity contribution in [3.63, 3.8) is 0 Å². The Hall–Kier alpha value is -3.86. The normalized spacial score (nSPS) is 13.2. The van der Waals surface area contributed by atoms with Crippen molar-refractivity contribution >= 4 is 11.8 Å². The lowest BCUT2D eigenvalue weighted by Gasteiger charge is -2.26. The number of halogens is 5. The predicted octanol–water partition coefficient (Wildman–Crippen LogP) is 8.43. The molecule has 3 aromatic rings. The van der Waals surface area contributed by atoms with Crippen molar-refractivity contribution in [2.45, 2.75) is 92.3 Å². The first-order valence-electron chi connectivity index (χ1n) is 16.5. The smallest absolute Gasteiger partial charge is 0.419 e. The summed E-state index contributed by atoms with van der Waals surface area (Å²) in [7, 11) is 3.80. The second kappa shape index (κ2) is 16.2. The molecule has 6 nitrogen and oxygen atoms in total. The van der Waals surface area contributed by atoms with E-state index >= 15 is 8.78 Å². The van der Waals surface area contributed by atoms with Crippen LogP contribution in [0.4, 0.5) is 22.0 Å². The topological polar surface area (TPSA) is 68.6 Å². The van der Waals surface area contributed by atoms with Crippen molar-refractivity contribution in [1.82, 2.24) is 9.47 Å². The summed E-state index contributed by atoms with van der Waals surface area (Å²) >= 11 is 0. The quantitative estimate of drug-likeness (QED) is 0.126. The van der Waals surface area contributed by atoms with Gasteiger partial charge in [-0.05, 0) is 107 Å². The Morgan fingerprint density at radius 3 is 2.14 bits per heavy atom. The molecule has 0 N–H and O–H groups in total. The zero-order valence-corrected chi connectivity index (χ0v) is 29.8. The third-order valence-corrected chi connectivity index (χ3v) is 8.95. The number of pyridine rings is 1. The molecule has 2 atom stereocenters. The highest BCUT2D eigenvalue weighted by molar-refractivity contribution is 5.85. The van der Waals surface area contributed by atoms with E-state index in [9.17, 15) is 27.6 Å². The molecule has 0 saturated heterocycles. The van der Waals surface area contributed by atoms with Crippen LogP contribution in [0.15, 0.2) is 35.3 Å². The molecule has 0 spiro atoms. The third kappa shape index (κ3) is 9.44. The summed E-state index contributed by atoms with van der Waals surface area (Å²) in [6.45, 7) is 12.5. The van der Waals surface area contributed by atoms with Crippen LogP contribution in [0.2, 0.25) is 0 Å². The molecule has 3 rings (SSSR count). The van der Waals surface area contributed by atoms with Crippen molar-refractivity contribution < 1.29 is 36.3 Å². The molecule has 1 aromatic heterocycles. The largest absolute Gasteiger partial charge is 0.466 e. The number of Topliss-reactive ketones (excluding diaryl/α,β-unsaturated/α-hetero) is 1. The minimum atomic E-state index is -5.22. The van der Waals surface area contributed by atoms with E-state index in [0.29, 0.717) is 35.7 Å². The van der Waals surface area contributed by atoms with Gasteiger partial charge in [0, 0.05) is 42.3 Å². The number of esters is 1. The van der Waals surface area contributed by atoms with Gasteiger partial charge in [-0.25, -0.2) is 8.78 Å². The lowest BCUT2D eigenvalue weighted by molar-refractivity contribution is -0.143. The Balaban J connectivity index is 2.29. The first-order valence-corrected chi connectivity index (χ1v) is 16.5. The van der Waals surface area contributed by atoms with Gasteiger partial charge in [0.1, 0.15) is 11.6 Å². The predicted molar refractivity (Wildman–Crippen MR) is 181 cm³/mol. The third-order valence-electron chi connectivity index (χ3n) is 8.95. The molecule has 0 aliphatic rings. The molecule has 49 heavy (non-hydrogen) atoms. The Morgan fingerprint density at radius 2 is 1.57 bits per heavy atom. The first-order chi connectivity index (χ1) is 22.8. The summed E-state index contributed by atoms with van der Waals surface area (Å²) in [6.07, 6.45) is -4.34. The van der Waals surface area contributed by atoms with Crippen LogP contribution in [-0.2, 0) is 26.9 Å². The monoisotopic (exact) mass is 690 g/mol. The van der Waals surface area contributed by atoms with E-state index in [1.807, 2.05) is 32.8 Å². The second-order valence-corrected chi connectivity index (χ2v) is 13.5. The summed E-state index contributed by atoms with van der Waals surface area (Å²) in [6, 6.07) is 4.16. The fourth-order valence-corrected chi connectivity index (χ4v) is 6.23. The van der Waals surface area contributed by atoms with Gasteiger partial charge in [0.15, 0.2) is 5.78 Å². The molecular weight excluding hydrogens is 643 g/mol. The van der Waals surface area contributed by atoms with Crippen molar-refractivity contribution in [2.75, 3.05) is 27.2 Å². The van der Waals surface area contributed by atoms with E-state index in [1.54, 1.807) is 46.0 Å². The van der Waals surface area contributed by atoms with E-state index in [1.165, 1.54) is 17.6 Å². The van der Waals surface area contributed by atoms with E-state index < -0.39 is 76.6 Å². The number of aryl methyl sites for hydroxylation is 3. The SMILES string of the molecule is CCOC(=O)C[C@H](CC(=O)C(CC(C)C)n1cc(CCN(C)C)c(C)cc1=O)c1c(F)c(-c2c(C)ccc(C)c2C)cc(C(F)(F)F)c1F. The average Bonchev–Trinajstić information content (AvgIpc) is 2.98. The summed E-state index contributed by atoms with van der Waals surface area (Å²) < 4.78 is 82.4. The number of alkyl halides is 3. The molecule has 1 unspecified atom stereocenters. The van der Waals surface area contributed by atoms with Crippen LogP contribution >= 0.6 is 0 Å². The highest BCUT2D eigenvalue weighted by atomic mass is 19.4. The second-order valence-electron chi connectivity index (χ2n) is 13.5. The van der Waals surface area contributed by atoms with Crippen molar-refractivity contribution in [3.8, 4) is 11.1 Å². The lowest BCUT2D eigenvalue weighted by atomic mass is 9.82. The fraction of sp³-hybridized carbons (Fsp3) is 0.500. The minimum Gasteiger partial charge on any atom is -0.466 e. The summed E-state index contributed by atoms with van der Waals surface area (Å²) in [5, 5.41) is 0. The molecular formula is C38H47F5N2O4. The van der Waals surface area contributed by atoms with Crippen LogP contribution in [0.3, 0.4) is 0 Å². The number of hydrogen-bond donors (Lipinski definition) is 0. The van der Waals surface area contributed by atoms with Gasteiger partial charge in [-0.2, -0.15) is 13.2 Å². The van der Waals surface area contributed by atoms with Crippen LogP contribution in [0, 0.1) is 45.2 Å². The lowest BCUT2D eigenvalue weighted by Crippen LogP contribution is -2.32. The maximum atomic E-state index is 16.7. The molecule has 0 aliphatic heterocycles. The van der Waals surface area contributed by atoms with Crippen molar-refractivity contribution in [1.29, 1.82) is 0 Å². The van der Waals surface area contributed by atoms with Crippen LogP contribution in [0.25, 0.3) is 11.1 Å². The summed E-state index contributed by atoms with van der Waals surface area (Å²) in [5.41, 5.74) is -0.295. The van der Waals surface area contributed by atoms with Gasteiger partial charge < -0.3 is 14.2 Å². The number of rotatable bonds is 14. The highest BCUT2D eigenvalue weighted by Crippen LogP contribution is 2.44. The molecule has 268 valence electrons. The van der Waals surface area contributed by atoms with Crippen LogP contribution < -0.4 is 5.56 Å². The fourth-order valence-electron chi connectivity index (χ4n) is 6.23. The first kappa shape index (κ1) is 39.6. The number of hydrogen-bond acceptors (Lipinski definition) is 5. The van der Waals surface area contributed by atoms with E-state index in [4.69, 9.17) is 4.74 Å². The minimum absolute atomic E-state index is 0.0928. The molecule has 11 heteroatoms. The Bertz CT molecular complexity index is 1740. The molecule has 0 bridgehead atoms. The molecule has 0 fully saturated rings. The molecule has 0 saturated carbocycles. The Morgan fingerprint density at radius 1 is 0.939 bits per heavy atom. The van der Waals surface area contributed by atoms with Gasteiger partial charge in [0.25, 0.3) is 5.56 Å². The number of ether oxygens (including phenoxy) is 1. The van der Waals surface area contributed by atoms with Gasteiger partial charge in [-0.15, -0.1) is 0 Å². The zero-order valence-electron chi connectivity index (χ0n) is 29.8. The number of benzene rings is 2.